The number of rotatable bonds is 7. The largest absolute Gasteiger partial charge is 0.545 e. The van der Waals surface area contributed by atoms with E-state index in [4.69, 9.17) is 0 Å². The number of carbonyl (C=O) groups excluding carboxylic acids is 2. The van der Waals surface area contributed by atoms with Crippen LogP contribution in [-0.2, 0) is 9.53 Å². The van der Waals surface area contributed by atoms with Gasteiger partial charge in [0, 0.05) is 0 Å². The second-order valence-corrected chi connectivity index (χ2v) is 6.56. The van der Waals surface area contributed by atoms with Crippen molar-refractivity contribution in [2.75, 3.05) is 0 Å². The zero-order chi connectivity index (χ0) is 27.0. The van der Waals surface area contributed by atoms with Crippen LogP contribution in [0.4, 0.5) is 48.3 Å². The normalized spacial score (nSPS) is 14.8. The number of carboxylic acids is 1. The van der Waals surface area contributed by atoms with Gasteiger partial charge in [0.1, 0.15) is 5.75 Å². The first-order valence-corrected chi connectivity index (χ1v) is 8.65. The highest BCUT2D eigenvalue weighted by molar-refractivity contribution is 5.86. The van der Waals surface area contributed by atoms with E-state index in [1.54, 1.807) is 0 Å². The van der Waals surface area contributed by atoms with Crippen molar-refractivity contribution in [2.45, 2.75) is 30.2 Å². The Hall–Kier alpha value is -3.43. The highest BCUT2D eigenvalue weighted by atomic mass is 19.4. The third-order valence-electron chi connectivity index (χ3n) is 4.14. The van der Waals surface area contributed by atoms with Gasteiger partial charge in [-0.05, 0) is 28.8 Å². The number of carboxylic acid groups (broad SMARTS) is 1. The molecule has 0 spiro atoms. The Kier molecular flexibility index (Phi) is 7.13. The Morgan fingerprint density at radius 2 is 1.09 bits per heavy atom. The molecule has 0 aliphatic heterocycles. The number of alkyl halides is 11. The number of halogens is 11. The molecule has 0 N–H and O–H groups in total. The maximum atomic E-state index is 14.2. The van der Waals surface area contributed by atoms with Gasteiger partial charge in [0.2, 0.25) is 0 Å². The van der Waals surface area contributed by atoms with Crippen LogP contribution in [0.1, 0.15) is 10.4 Å². The van der Waals surface area contributed by atoms with Crippen LogP contribution in [0.25, 0.3) is 11.1 Å². The second kappa shape index (κ2) is 8.98. The molecule has 2 rings (SSSR count). The summed E-state index contributed by atoms with van der Waals surface area (Å²) in [6, 6.07) is 8.15. The predicted molar refractivity (Wildman–Crippen MR) is 88.8 cm³/mol. The minimum atomic E-state index is -7.32. The van der Waals surface area contributed by atoms with Gasteiger partial charge in [-0.25, -0.2) is 4.79 Å². The van der Waals surface area contributed by atoms with Gasteiger partial charge in [-0.1, -0.05) is 36.4 Å². The van der Waals surface area contributed by atoms with Gasteiger partial charge in [0.15, 0.2) is 0 Å². The van der Waals surface area contributed by atoms with Gasteiger partial charge in [-0.15, -0.1) is 0 Å². The van der Waals surface area contributed by atoms with Crippen LogP contribution < -0.4 is 9.84 Å². The molecule has 2 aromatic carbocycles. The minimum Gasteiger partial charge on any atom is -0.545 e. The van der Waals surface area contributed by atoms with E-state index in [0.717, 1.165) is 24.3 Å². The summed E-state index contributed by atoms with van der Waals surface area (Å²) in [5.74, 6) is -19.7. The van der Waals surface area contributed by atoms with Crippen LogP contribution >= 0.6 is 0 Å². The van der Waals surface area contributed by atoms with Crippen molar-refractivity contribution >= 4 is 11.9 Å². The van der Waals surface area contributed by atoms with Crippen LogP contribution in [0, 0.1) is 0 Å². The average Bonchev–Trinajstić information content (AvgIpc) is 2.72. The number of esters is 1. The molecular formula is C19H8F11O5-. The minimum absolute atomic E-state index is 0.210. The van der Waals surface area contributed by atoms with Gasteiger partial charge < -0.3 is 14.6 Å². The molecule has 0 radical (unpaired) electrons. The summed E-state index contributed by atoms with van der Waals surface area (Å²) in [5.41, 5.74) is 0.309. The van der Waals surface area contributed by atoms with Crippen molar-refractivity contribution in [3.63, 3.8) is 0 Å². The zero-order valence-electron chi connectivity index (χ0n) is 16.3. The molecule has 0 aliphatic carbocycles. The number of benzene rings is 2. The van der Waals surface area contributed by atoms with E-state index in [2.05, 4.69) is 9.47 Å². The molecular weight excluding hydrogens is 517 g/mol. The van der Waals surface area contributed by atoms with Crippen molar-refractivity contribution in [3.05, 3.63) is 54.1 Å². The lowest BCUT2D eigenvalue weighted by Crippen LogP contribution is -2.62. The lowest BCUT2D eigenvalue weighted by molar-refractivity contribution is -0.474. The predicted octanol–water partition coefficient (Wildman–Crippen LogP) is 4.66. The summed E-state index contributed by atoms with van der Waals surface area (Å²) in [4.78, 5) is 22.3. The van der Waals surface area contributed by atoms with E-state index >= 15 is 0 Å². The molecule has 0 fully saturated rings. The Labute approximate surface area is 186 Å². The van der Waals surface area contributed by atoms with Crippen LogP contribution in [0.5, 0.6) is 5.75 Å². The van der Waals surface area contributed by atoms with Crippen LogP contribution in [0.2, 0.25) is 0 Å². The van der Waals surface area contributed by atoms with Gasteiger partial charge in [0.25, 0.3) is 0 Å². The Morgan fingerprint density at radius 1 is 0.657 bits per heavy atom. The summed E-state index contributed by atoms with van der Waals surface area (Å²) >= 11 is 0. The smallest absolute Gasteiger partial charge is 0.462 e. The molecule has 0 aliphatic rings. The molecule has 1 atom stereocenters. The van der Waals surface area contributed by atoms with Crippen LogP contribution in [0.3, 0.4) is 0 Å². The molecule has 0 saturated heterocycles. The molecule has 1 unspecified atom stereocenters. The van der Waals surface area contributed by atoms with E-state index < -0.39 is 47.9 Å². The summed E-state index contributed by atoms with van der Waals surface area (Å²) in [6.45, 7) is 0. The molecule has 0 aromatic heterocycles. The molecule has 0 saturated carbocycles. The quantitative estimate of drug-likeness (QED) is 0.299. The van der Waals surface area contributed by atoms with Crippen molar-refractivity contribution in [3.8, 4) is 16.9 Å². The third kappa shape index (κ3) is 5.47. The first-order chi connectivity index (χ1) is 15.7. The SMILES string of the molecule is O=C([O-])c1ccc(-c2ccc(OC(=O)C(F)(OC(F)(F)C(F)(F)C(F)(F)F)C(F)(F)F)cc2)cc1. The molecule has 16 heteroatoms. The summed E-state index contributed by atoms with van der Waals surface area (Å²) in [5, 5.41) is 10.7. The Bertz CT molecular complexity index is 1080. The van der Waals surface area contributed by atoms with Gasteiger partial charge in [-0.2, -0.15) is 48.3 Å². The van der Waals surface area contributed by atoms with E-state index in [9.17, 15) is 63.0 Å². The molecule has 5 nitrogen and oxygen atoms in total. The number of hydrogen-bond donors (Lipinski definition) is 0. The molecule has 0 heterocycles. The van der Waals surface area contributed by atoms with E-state index in [1.807, 2.05) is 0 Å². The number of aromatic carboxylic acids is 1. The molecule has 35 heavy (non-hydrogen) atoms. The Morgan fingerprint density at radius 3 is 1.46 bits per heavy atom. The summed E-state index contributed by atoms with van der Waals surface area (Å²) in [7, 11) is 0. The standard InChI is InChI=1S/C19H9F11O5/c20-15(17(23,24)25,35-19(29,30)16(21,22)18(26,27)28)14(33)34-12-7-5-10(6-8-12)9-1-3-11(4-2-9)13(31)32/h1-8H,(H,31,32)/p-1. The molecule has 2 aromatic rings. The number of hydrogen-bond acceptors (Lipinski definition) is 5. The van der Waals surface area contributed by atoms with Gasteiger partial charge >= 0.3 is 36.2 Å². The number of ether oxygens (including phenoxy) is 2. The fourth-order valence-electron chi connectivity index (χ4n) is 2.31. The fraction of sp³-hybridized carbons (Fsp3) is 0.263. The van der Waals surface area contributed by atoms with Crippen LogP contribution in [0.15, 0.2) is 48.5 Å². The molecule has 0 amide bonds. The first-order valence-electron chi connectivity index (χ1n) is 8.65. The topological polar surface area (TPSA) is 75.7 Å². The highest BCUT2D eigenvalue weighted by Crippen LogP contribution is 2.51. The highest BCUT2D eigenvalue weighted by Gasteiger charge is 2.80. The second-order valence-electron chi connectivity index (χ2n) is 6.56. The maximum absolute atomic E-state index is 14.2. The van der Waals surface area contributed by atoms with Gasteiger partial charge in [0.05, 0.1) is 5.97 Å². The summed E-state index contributed by atoms with van der Waals surface area (Å²) in [6.07, 6.45) is -21.2. The van der Waals surface area contributed by atoms with Crippen molar-refractivity contribution in [1.82, 2.24) is 0 Å². The van der Waals surface area contributed by atoms with Crippen LogP contribution in [-0.4, -0.2) is 42.2 Å². The van der Waals surface area contributed by atoms with Crippen molar-refractivity contribution in [2.24, 2.45) is 0 Å². The lowest BCUT2D eigenvalue weighted by atomic mass is 10.0. The average molecular weight is 525 g/mol. The van der Waals surface area contributed by atoms with Gasteiger partial charge in [-0.3, -0.25) is 4.74 Å². The fourth-order valence-corrected chi connectivity index (χ4v) is 2.31. The summed E-state index contributed by atoms with van der Waals surface area (Å²) < 4.78 is 148. The van der Waals surface area contributed by atoms with E-state index in [-0.39, 0.29) is 11.1 Å². The zero-order valence-corrected chi connectivity index (χ0v) is 16.3. The van der Waals surface area contributed by atoms with E-state index in [0.29, 0.717) is 17.7 Å². The Balaban J connectivity index is 2.30. The van der Waals surface area contributed by atoms with Crippen molar-refractivity contribution in [1.29, 1.82) is 0 Å². The monoisotopic (exact) mass is 525 g/mol. The first kappa shape index (κ1) is 27.8. The molecule has 192 valence electrons. The lowest BCUT2D eigenvalue weighted by Gasteiger charge is -2.33. The van der Waals surface area contributed by atoms with E-state index in [1.165, 1.54) is 12.1 Å². The maximum Gasteiger partial charge on any atom is 0.462 e. The number of carbonyl (C=O) groups is 2. The third-order valence-corrected chi connectivity index (χ3v) is 4.14. The van der Waals surface area contributed by atoms with Crippen molar-refractivity contribution < 1.29 is 72.5 Å². The molecule has 0 bridgehead atoms.